The number of hydrogen-bond donors (Lipinski definition) is 2. The van der Waals surface area contributed by atoms with Gasteiger partial charge in [0.1, 0.15) is 11.4 Å². The van der Waals surface area contributed by atoms with Crippen molar-refractivity contribution in [3.63, 3.8) is 0 Å². The fourth-order valence-electron chi connectivity index (χ4n) is 5.20. The first-order chi connectivity index (χ1) is 16.3. The van der Waals surface area contributed by atoms with Crippen molar-refractivity contribution in [3.05, 3.63) is 28.3 Å². The maximum atomic E-state index is 10.9. The van der Waals surface area contributed by atoms with Crippen molar-refractivity contribution in [2.45, 2.75) is 138 Å². The number of aliphatic hydroxyl groups is 1. The standard InChI is InChI=1S/C29H50O2.C2H4O2/c1-20(2)12-9-13-21(3)14-10-15-22(4)16-11-17-29(8)27(30)19-26-24(6)18-23(5)25(7)28(26)31-29;1-2(3)4/h18,20-22,27,30H,9-17,19H2,1-8H3;1H3,(H,3,4). The van der Waals surface area contributed by atoms with Crippen LogP contribution in [0, 0.1) is 38.5 Å². The number of aliphatic hydroxyl groups excluding tert-OH is 1. The molecule has 0 amide bonds. The van der Waals surface area contributed by atoms with E-state index in [-0.39, 0.29) is 0 Å². The Labute approximate surface area is 215 Å². The fourth-order valence-corrected chi connectivity index (χ4v) is 5.20. The highest BCUT2D eigenvalue weighted by atomic mass is 16.5. The number of aliphatic carboxylic acids is 1. The number of fused-ring (bicyclic) bond motifs is 1. The summed E-state index contributed by atoms with van der Waals surface area (Å²) in [6.07, 6.45) is 11.8. The van der Waals surface area contributed by atoms with E-state index in [1.807, 2.05) is 0 Å². The number of rotatable bonds is 12. The quantitative estimate of drug-likeness (QED) is 0.310. The third kappa shape index (κ3) is 10.9. The third-order valence-electron chi connectivity index (χ3n) is 7.80. The molecule has 35 heavy (non-hydrogen) atoms. The zero-order valence-electron chi connectivity index (χ0n) is 24.2. The maximum Gasteiger partial charge on any atom is 0.300 e. The van der Waals surface area contributed by atoms with E-state index in [9.17, 15) is 5.11 Å². The van der Waals surface area contributed by atoms with Crippen molar-refractivity contribution in [1.29, 1.82) is 0 Å². The third-order valence-corrected chi connectivity index (χ3v) is 7.80. The predicted molar refractivity (Wildman–Crippen MR) is 147 cm³/mol. The highest BCUT2D eigenvalue weighted by molar-refractivity contribution is 5.63. The van der Waals surface area contributed by atoms with Crippen LogP contribution in [0.5, 0.6) is 5.75 Å². The average Bonchev–Trinajstić information content (AvgIpc) is 2.73. The van der Waals surface area contributed by atoms with E-state index in [1.54, 1.807) is 0 Å². The summed E-state index contributed by atoms with van der Waals surface area (Å²) < 4.78 is 6.52. The van der Waals surface area contributed by atoms with Gasteiger partial charge in [0.2, 0.25) is 0 Å². The fraction of sp³-hybridized carbons (Fsp3) is 0.774. The Hall–Kier alpha value is -1.55. The molecule has 0 aliphatic carbocycles. The number of carboxylic acids is 1. The summed E-state index contributed by atoms with van der Waals surface area (Å²) in [7, 11) is 0. The topological polar surface area (TPSA) is 66.8 Å². The van der Waals surface area contributed by atoms with E-state index in [0.717, 1.165) is 43.3 Å². The van der Waals surface area contributed by atoms with Crippen LogP contribution in [0.1, 0.15) is 122 Å². The van der Waals surface area contributed by atoms with Crippen molar-refractivity contribution in [3.8, 4) is 5.75 Å². The van der Waals surface area contributed by atoms with Crippen molar-refractivity contribution >= 4 is 5.97 Å². The van der Waals surface area contributed by atoms with Crippen LogP contribution >= 0.6 is 0 Å². The first kappa shape index (κ1) is 31.5. The molecule has 1 heterocycles. The SMILES string of the molecule is CC(=O)O.Cc1cc(C)c2c(c1C)OC(C)(CCCC(C)CCCC(C)CCCC(C)C)C(O)C2. The Morgan fingerprint density at radius 3 is 1.97 bits per heavy atom. The molecular formula is C31H54O4. The molecule has 1 aromatic carbocycles. The molecule has 202 valence electrons. The van der Waals surface area contributed by atoms with Gasteiger partial charge >= 0.3 is 0 Å². The molecule has 1 aliphatic rings. The number of carbonyl (C=O) groups is 1. The van der Waals surface area contributed by atoms with Gasteiger partial charge in [0.15, 0.2) is 0 Å². The molecule has 0 saturated heterocycles. The summed E-state index contributed by atoms with van der Waals surface area (Å²) >= 11 is 0. The van der Waals surface area contributed by atoms with Crippen LogP contribution in [0.15, 0.2) is 6.07 Å². The molecule has 0 aromatic heterocycles. The average molecular weight is 491 g/mol. The highest BCUT2D eigenvalue weighted by Gasteiger charge is 2.40. The van der Waals surface area contributed by atoms with Gasteiger partial charge in [-0.1, -0.05) is 78.7 Å². The van der Waals surface area contributed by atoms with Gasteiger partial charge in [-0.15, -0.1) is 0 Å². The molecule has 0 fully saturated rings. The van der Waals surface area contributed by atoms with Crippen LogP contribution in [-0.2, 0) is 11.2 Å². The minimum atomic E-state index is -0.833. The van der Waals surface area contributed by atoms with E-state index in [2.05, 4.69) is 61.5 Å². The molecule has 1 aromatic rings. The van der Waals surface area contributed by atoms with Crippen LogP contribution in [0.2, 0.25) is 0 Å². The molecule has 0 spiro atoms. The van der Waals surface area contributed by atoms with E-state index in [1.165, 1.54) is 67.2 Å². The normalized spacial score (nSPS) is 20.9. The molecule has 4 heteroatoms. The van der Waals surface area contributed by atoms with Gasteiger partial charge in [-0.2, -0.15) is 0 Å². The molecule has 2 N–H and O–H groups in total. The first-order valence-electron chi connectivity index (χ1n) is 13.9. The van der Waals surface area contributed by atoms with Crippen LogP contribution < -0.4 is 4.74 Å². The van der Waals surface area contributed by atoms with Gasteiger partial charge in [-0.25, -0.2) is 0 Å². The first-order valence-corrected chi connectivity index (χ1v) is 13.9. The molecule has 4 nitrogen and oxygen atoms in total. The Kier molecular flexibility index (Phi) is 13.4. The molecule has 0 bridgehead atoms. The maximum absolute atomic E-state index is 10.9. The summed E-state index contributed by atoms with van der Waals surface area (Å²) in [5, 5.41) is 18.3. The van der Waals surface area contributed by atoms with E-state index >= 15 is 0 Å². The molecule has 0 saturated carbocycles. The van der Waals surface area contributed by atoms with Crippen LogP contribution in [-0.4, -0.2) is 27.9 Å². The van der Waals surface area contributed by atoms with E-state index in [4.69, 9.17) is 14.6 Å². The summed E-state index contributed by atoms with van der Waals surface area (Å²) in [4.78, 5) is 9.00. The second-order valence-corrected chi connectivity index (χ2v) is 12.0. The van der Waals surface area contributed by atoms with Gasteiger partial charge in [0.05, 0.1) is 6.10 Å². The zero-order chi connectivity index (χ0) is 26.8. The Balaban J connectivity index is 0.00000142. The summed E-state index contributed by atoms with van der Waals surface area (Å²) in [5.41, 5.74) is 4.48. The van der Waals surface area contributed by atoms with Crippen LogP contribution in [0.3, 0.4) is 0 Å². The minimum Gasteiger partial charge on any atom is -0.484 e. The molecule has 4 atom stereocenters. The lowest BCUT2D eigenvalue weighted by Gasteiger charge is -2.41. The molecular weight excluding hydrogens is 436 g/mol. The number of ether oxygens (including phenoxy) is 1. The van der Waals surface area contributed by atoms with Crippen molar-refractivity contribution in [1.82, 2.24) is 0 Å². The largest absolute Gasteiger partial charge is 0.484 e. The Morgan fingerprint density at radius 2 is 1.46 bits per heavy atom. The summed E-state index contributed by atoms with van der Waals surface area (Å²) in [5.74, 6) is 2.66. The molecule has 0 radical (unpaired) electrons. The lowest BCUT2D eigenvalue weighted by Crippen LogP contribution is -2.49. The van der Waals surface area contributed by atoms with Crippen LogP contribution in [0.4, 0.5) is 0 Å². The van der Waals surface area contributed by atoms with E-state index in [0.29, 0.717) is 6.42 Å². The minimum absolute atomic E-state index is 0.428. The number of benzene rings is 1. The smallest absolute Gasteiger partial charge is 0.300 e. The lowest BCUT2D eigenvalue weighted by molar-refractivity contribution is -0.134. The number of hydrogen-bond acceptors (Lipinski definition) is 3. The van der Waals surface area contributed by atoms with Crippen molar-refractivity contribution in [2.24, 2.45) is 17.8 Å². The van der Waals surface area contributed by atoms with Crippen LogP contribution in [0.25, 0.3) is 0 Å². The van der Waals surface area contributed by atoms with Crippen molar-refractivity contribution < 1.29 is 19.7 Å². The second-order valence-electron chi connectivity index (χ2n) is 12.0. The monoisotopic (exact) mass is 490 g/mol. The highest BCUT2D eigenvalue weighted by Crippen LogP contribution is 2.41. The summed E-state index contributed by atoms with van der Waals surface area (Å²) in [6, 6.07) is 2.22. The lowest BCUT2D eigenvalue weighted by atomic mass is 9.82. The molecule has 2 rings (SSSR count). The molecule has 4 unspecified atom stereocenters. The van der Waals surface area contributed by atoms with Gasteiger partial charge < -0.3 is 14.9 Å². The predicted octanol–water partition coefficient (Wildman–Crippen LogP) is 8.20. The summed E-state index contributed by atoms with van der Waals surface area (Å²) in [6.45, 7) is 19.1. The number of carboxylic acid groups (broad SMARTS) is 1. The zero-order valence-corrected chi connectivity index (χ0v) is 24.2. The Morgan fingerprint density at radius 1 is 0.971 bits per heavy atom. The van der Waals surface area contributed by atoms with Gasteiger partial charge in [0.25, 0.3) is 5.97 Å². The second kappa shape index (κ2) is 14.9. The molecule has 1 aliphatic heterocycles. The van der Waals surface area contributed by atoms with E-state index < -0.39 is 17.7 Å². The van der Waals surface area contributed by atoms with Gasteiger partial charge in [-0.05, 0) is 75.0 Å². The number of aryl methyl sites for hydroxylation is 2. The van der Waals surface area contributed by atoms with Gasteiger partial charge in [-0.3, -0.25) is 4.79 Å². The van der Waals surface area contributed by atoms with Crippen molar-refractivity contribution in [2.75, 3.05) is 0 Å². The van der Waals surface area contributed by atoms with Gasteiger partial charge in [0, 0.05) is 18.9 Å². The Bertz CT molecular complexity index is 781.